The van der Waals surface area contributed by atoms with Gasteiger partial charge in [0.15, 0.2) is 11.5 Å². The second-order valence-electron chi connectivity index (χ2n) is 7.64. The average Bonchev–Trinajstić information content (AvgIpc) is 3.17. The molecule has 0 atom stereocenters. The van der Waals surface area contributed by atoms with Crippen LogP contribution in [0.15, 0.2) is 71.6 Å². The zero-order valence-electron chi connectivity index (χ0n) is 19.9. The Morgan fingerprint density at radius 2 is 1.70 bits per heavy atom. The largest absolute Gasteiger partial charge is 0.497 e. The monoisotopic (exact) mass is 539 g/mol. The van der Waals surface area contributed by atoms with Gasteiger partial charge in [-0.15, -0.1) is 0 Å². The number of halogens is 1. The SMILES string of the molecule is COc1ccc(C(=O)Oc2cc(/C=C3\SC(=O)N(CCOc4ccccc4Cl)C3=O)ccc2OC)cc1. The number of hydrogen-bond donors (Lipinski definition) is 0. The zero-order valence-corrected chi connectivity index (χ0v) is 21.5. The molecule has 1 fully saturated rings. The van der Waals surface area contributed by atoms with E-state index in [0.29, 0.717) is 33.4 Å². The lowest BCUT2D eigenvalue weighted by atomic mass is 10.1. The summed E-state index contributed by atoms with van der Waals surface area (Å²) in [5.41, 5.74) is 0.879. The van der Waals surface area contributed by atoms with Crippen LogP contribution in [0.2, 0.25) is 5.02 Å². The molecule has 0 spiro atoms. The first-order chi connectivity index (χ1) is 17.9. The highest BCUT2D eigenvalue weighted by Crippen LogP contribution is 2.35. The molecule has 0 unspecified atom stereocenters. The highest BCUT2D eigenvalue weighted by Gasteiger charge is 2.35. The van der Waals surface area contributed by atoms with Gasteiger partial charge in [-0.2, -0.15) is 0 Å². The van der Waals surface area contributed by atoms with Gasteiger partial charge < -0.3 is 18.9 Å². The van der Waals surface area contributed by atoms with E-state index in [9.17, 15) is 14.4 Å². The van der Waals surface area contributed by atoms with E-state index in [-0.39, 0.29) is 23.8 Å². The average molecular weight is 540 g/mol. The first kappa shape index (κ1) is 26.1. The van der Waals surface area contributed by atoms with Crippen molar-refractivity contribution in [3.05, 3.63) is 87.8 Å². The number of rotatable bonds is 9. The molecular formula is C27H22ClNO7S. The Hall–Kier alpha value is -3.95. The van der Waals surface area contributed by atoms with Crippen LogP contribution in [0, 0.1) is 0 Å². The van der Waals surface area contributed by atoms with Gasteiger partial charge in [0.25, 0.3) is 11.1 Å². The minimum atomic E-state index is -0.586. The molecule has 1 heterocycles. The van der Waals surface area contributed by atoms with Crippen molar-refractivity contribution in [3.8, 4) is 23.0 Å². The molecule has 1 aliphatic heterocycles. The number of thioether (sulfide) groups is 1. The Morgan fingerprint density at radius 1 is 0.946 bits per heavy atom. The standard InChI is InChI=1S/C27H22ClNO7S/c1-33-19-10-8-18(9-11-19)26(31)36-23-15-17(7-12-22(23)34-2)16-24-25(30)29(27(32)37-24)13-14-35-21-6-4-3-5-20(21)28/h3-12,15-16H,13-14H2,1-2H3/b24-16-. The Kier molecular flexibility index (Phi) is 8.37. The van der Waals surface area contributed by atoms with Crippen LogP contribution >= 0.6 is 23.4 Å². The van der Waals surface area contributed by atoms with E-state index in [1.807, 2.05) is 0 Å². The third-order valence-corrected chi connectivity index (χ3v) is 6.52. The highest BCUT2D eigenvalue weighted by atomic mass is 35.5. The molecule has 2 amide bonds. The van der Waals surface area contributed by atoms with E-state index in [2.05, 4.69) is 0 Å². The summed E-state index contributed by atoms with van der Waals surface area (Å²) in [5.74, 6) is 0.567. The quantitative estimate of drug-likeness (QED) is 0.194. The molecule has 1 aliphatic rings. The van der Waals surface area contributed by atoms with Crippen molar-refractivity contribution in [2.24, 2.45) is 0 Å². The molecule has 3 aromatic carbocycles. The molecule has 3 aromatic rings. The molecule has 0 saturated carbocycles. The molecule has 8 nitrogen and oxygen atoms in total. The summed E-state index contributed by atoms with van der Waals surface area (Å²) in [5, 5.41) is 0.0400. The minimum absolute atomic E-state index is 0.0700. The van der Waals surface area contributed by atoms with Crippen molar-refractivity contribution in [2.45, 2.75) is 0 Å². The van der Waals surface area contributed by atoms with E-state index >= 15 is 0 Å². The number of hydrogen-bond acceptors (Lipinski definition) is 8. The number of methoxy groups -OCH3 is 2. The predicted octanol–water partition coefficient (Wildman–Crippen LogP) is 5.69. The van der Waals surface area contributed by atoms with E-state index in [1.54, 1.807) is 72.8 Å². The van der Waals surface area contributed by atoms with Crippen LogP contribution in [0.3, 0.4) is 0 Å². The fourth-order valence-electron chi connectivity index (χ4n) is 3.40. The molecule has 0 bridgehead atoms. The number of carbonyl (C=O) groups is 3. The molecule has 190 valence electrons. The van der Waals surface area contributed by atoms with Crippen molar-refractivity contribution in [1.82, 2.24) is 4.90 Å². The molecule has 0 aromatic heterocycles. The van der Waals surface area contributed by atoms with Crippen LogP contribution in [-0.4, -0.2) is 49.4 Å². The van der Waals surface area contributed by atoms with Crippen molar-refractivity contribution in [3.63, 3.8) is 0 Å². The third kappa shape index (κ3) is 6.25. The second-order valence-corrected chi connectivity index (χ2v) is 9.04. The highest BCUT2D eigenvalue weighted by molar-refractivity contribution is 8.18. The number of nitrogens with zero attached hydrogens (tertiary/aromatic N) is 1. The lowest BCUT2D eigenvalue weighted by molar-refractivity contribution is -0.123. The van der Waals surface area contributed by atoms with Gasteiger partial charge in [-0.3, -0.25) is 14.5 Å². The van der Waals surface area contributed by atoms with Crippen LogP contribution in [0.5, 0.6) is 23.0 Å². The molecule has 0 radical (unpaired) electrons. The molecule has 0 aliphatic carbocycles. The van der Waals surface area contributed by atoms with E-state index in [4.69, 9.17) is 30.5 Å². The van der Waals surface area contributed by atoms with Gasteiger partial charge in [0.1, 0.15) is 18.1 Å². The molecule has 37 heavy (non-hydrogen) atoms. The van der Waals surface area contributed by atoms with Crippen LogP contribution < -0.4 is 18.9 Å². The predicted molar refractivity (Wildman–Crippen MR) is 141 cm³/mol. The lowest BCUT2D eigenvalue weighted by Gasteiger charge is -2.13. The van der Waals surface area contributed by atoms with Crippen LogP contribution in [0.25, 0.3) is 6.08 Å². The van der Waals surface area contributed by atoms with Crippen LogP contribution in [0.1, 0.15) is 15.9 Å². The summed E-state index contributed by atoms with van der Waals surface area (Å²) in [4.78, 5) is 39.3. The van der Waals surface area contributed by atoms with Gasteiger partial charge in [-0.25, -0.2) is 4.79 Å². The minimum Gasteiger partial charge on any atom is -0.497 e. The van der Waals surface area contributed by atoms with Gasteiger partial charge in [-0.1, -0.05) is 29.8 Å². The first-order valence-corrected chi connectivity index (χ1v) is 12.3. The molecular weight excluding hydrogens is 518 g/mol. The van der Waals surface area contributed by atoms with Gasteiger partial charge in [0.2, 0.25) is 0 Å². The Balaban J connectivity index is 1.46. The zero-order chi connectivity index (χ0) is 26.4. The van der Waals surface area contributed by atoms with Crippen molar-refractivity contribution < 1.29 is 33.3 Å². The van der Waals surface area contributed by atoms with E-state index in [0.717, 1.165) is 16.7 Å². The summed E-state index contributed by atoms with van der Waals surface area (Å²) in [6.07, 6.45) is 1.56. The summed E-state index contributed by atoms with van der Waals surface area (Å²) < 4.78 is 21.6. The number of benzene rings is 3. The molecule has 1 saturated heterocycles. The van der Waals surface area contributed by atoms with Gasteiger partial charge in [0.05, 0.1) is 36.3 Å². The molecule has 4 rings (SSSR count). The topological polar surface area (TPSA) is 91.4 Å². The maximum Gasteiger partial charge on any atom is 0.343 e. The fourth-order valence-corrected chi connectivity index (χ4v) is 4.46. The van der Waals surface area contributed by atoms with E-state index in [1.165, 1.54) is 14.2 Å². The Morgan fingerprint density at radius 3 is 2.41 bits per heavy atom. The summed E-state index contributed by atoms with van der Waals surface area (Å²) in [7, 11) is 2.99. The van der Waals surface area contributed by atoms with Crippen molar-refractivity contribution in [1.29, 1.82) is 0 Å². The maximum absolute atomic E-state index is 12.9. The second kappa shape index (κ2) is 11.9. The third-order valence-electron chi connectivity index (χ3n) is 5.30. The number of ether oxygens (including phenoxy) is 4. The molecule has 10 heteroatoms. The first-order valence-electron chi connectivity index (χ1n) is 11.1. The number of esters is 1. The Labute approximate surface area is 222 Å². The van der Waals surface area contributed by atoms with Gasteiger partial charge >= 0.3 is 5.97 Å². The number of para-hydroxylation sites is 1. The number of amides is 2. The number of imide groups is 1. The van der Waals surface area contributed by atoms with Crippen LogP contribution in [-0.2, 0) is 4.79 Å². The summed E-state index contributed by atoms with van der Waals surface area (Å²) in [6.45, 7) is 0.170. The number of carbonyl (C=O) groups excluding carboxylic acids is 3. The lowest BCUT2D eigenvalue weighted by Crippen LogP contribution is -2.32. The van der Waals surface area contributed by atoms with E-state index < -0.39 is 17.1 Å². The van der Waals surface area contributed by atoms with Crippen LogP contribution in [0.4, 0.5) is 4.79 Å². The summed E-state index contributed by atoms with van der Waals surface area (Å²) in [6, 6.07) is 18.3. The Bertz CT molecular complexity index is 1360. The summed E-state index contributed by atoms with van der Waals surface area (Å²) >= 11 is 6.89. The van der Waals surface area contributed by atoms with Gasteiger partial charge in [0, 0.05) is 0 Å². The smallest absolute Gasteiger partial charge is 0.343 e. The van der Waals surface area contributed by atoms with Gasteiger partial charge in [-0.05, 0) is 71.9 Å². The maximum atomic E-state index is 12.9. The fraction of sp³-hybridized carbons (Fsp3) is 0.148. The molecule has 0 N–H and O–H groups in total. The van der Waals surface area contributed by atoms with Crippen molar-refractivity contribution >= 4 is 46.6 Å². The normalized spacial score (nSPS) is 14.1. The van der Waals surface area contributed by atoms with Crippen molar-refractivity contribution in [2.75, 3.05) is 27.4 Å².